The van der Waals surface area contributed by atoms with Crippen molar-refractivity contribution in [3.63, 3.8) is 0 Å². The van der Waals surface area contributed by atoms with Crippen LogP contribution >= 0.6 is 0 Å². The molecular weight excluding hydrogens is 372 g/mol. The molecule has 1 aliphatic carbocycles. The van der Waals surface area contributed by atoms with Crippen molar-refractivity contribution in [2.24, 2.45) is 0 Å². The highest BCUT2D eigenvalue weighted by molar-refractivity contribution is 5.97. The monoisotopic (exact) mass is 398 g/mol. The van der Waals surface area contributed by atoms with E-state index in [4.69, 9.17) is 0 Å². The number of benzene rings is 3. The fourth-order valence-corrected chi connectivity index (χ4v) is 4.07. The minimum absolute atomic E-state index is 0.0191. The molecule has 0 radical (unpaired) electrons. The molecule has 0 aromatic heterocycles. The average molecular weight is 399 g/mol. The zero-order valence-corrected chi connectivity index (χ0v) is 16.9. The predicted molar refractivity (Wildman–Crippen MR) is 118 cm³/mol. The largest absolute Gasteiger partial charge is 0.347 e. The summed E-state index contributed by atoms with van der Waals surface area (Å²) in [6, 6.07) is 26.4. The molecule has 30 heavy (non-hydrogen) atoms. The molecule has 4 heteroatoms. The fraction of sp³-hybridized carbons (Fsp3) is 0.231. The summed E-state index contributed by atoms with van der Waals surface area (Å²) in [6.07, 6.45) is 3.44. The quantitative estimate of drug-likeness (QED) is 0.653. The van der Waals surface area contributed by atoms with Gasteiger partial charge in [-0.25, -0.2) is 0 Å². The van der Waals surface area contributed by atoms with Gasteiger partial charge in [0.15, 0.2) is 0 Å². The first-order valence-electron chi connectivity index (χ1n) is 10.5. The SMILES string of the molecule is O=C(NC(Cc1ccccc1)C(=O)NC1CCCc2ccccc21)c1ccccc1. The molecule has 3 aromatic rings. The summed E-state index contributed by atoms with van der Waals surface area (Å²) in [7, 11) is 0. The van der Waals surface area contributed by atoms with Crippen molar-refractivity contribution in [1.29, 1.82) is 0 Å². The van der Waals surface area contributed by atoms with Gasteiger partial charge in [0.1, 0.15) is 6.04 Å². The Morgan fingerprint density at radius 2 is 1.53 bits per heavy atom. The maximum Gasteiger partial charge on any atom is 0.251 e. The summed E-state index contributed by atoms with van der Waals surface area (Å²) in [4.78, 5) is 26.0. The van der Waals surface area contributed by atoms with Crippen LogP contribution in [0.1, 0.15) is 45.9 Å². The van der Waals surface area contributed by atoms with Gasteiger partial charge in [0, 0.05) is 12.0 Å². The highest BCUT2D eigenvalue weighted by Crippen LogP contribution is 2.29. The van der Waals surface area contributed by atoms with Crippen LogP contribution in [0.3, 0.4) is 0 Å². The first-order valence-corrected chi connectivity index (χ1v) is 10.5. The molecule has 4 nitrogen and oxygen atoms in total. The Hall–Kier alpha value is -3.40. The summed E-state index contributed by atoms with van der Waals surface area (Å²) < 4.78 is 0. The highest BCUT2D eigenvalue weighted by atomic mass is 16.2. The summed E-state index contributed by atoms with van der Waals surface area (Å²) in [5, 5.41) is 6.14. The number of aryl methyl sites for hydroxylation is 1. The molecule has 0 saturated heterocycles. The van der Waals surface area contributed by atoms with Crippen LogP contribution < -0.4 is 10.6 Å². The maximum atomic E-state index is 13.3. The lowest BCUT2D eigenvalue weighted by Gasteiger charge is -2.28. The molecule has 3 aromatic carbocycles. The van der Waals surface area contributed by atoms with Crippen molar-refractivity contribution < 1.29 is 9.59 Å². The van der Waals surface area contributed by atoms with Crippen LogP contribution in [0.25, 0.3) is 0 Å². The fourth-order valence-electron chi connectivity index (χ4n) is 4.07. The number of carbonyl (C=O) groups excluding carboxylic acids is 2. The Balaban J connectivity index is 1.53. The molecule has 2 amide bonds. The van der Waals surface area contributed by atoms with Gasteiger partial charge in [-0.2, -0.15) is 0 Å². The van der Waals surface area contributed by atoms with E-state index in [1.54, 1.807) is 12.1 Å². The molecule has 1 aliphatic rings. The number of nitrogens with one attached hydrogen (secondary N) is 2. The minimum Gasteiger partial charge on any atom is -0.347 e. The van der Waals surface area contributed by atoms with E-state index in [0.717, 1.165) is 24.8 Å². The smallest absolute Gasteiger partial charge is 0.251 e. The second-order valence-electron chi connectivity index (χ2n) is 7.73. The van der Waals surface area contributed by atoms with E-state index in [1.165, 1.54) is 11.1 Å². The Morgan fingerprint density at radius 3 is 2.30 bits per heavy atom. The molecule has 2 unspecified atom stereocenters. The van der Waals surface area contributed by atoms with Gasteiger partial charge in [-0.3, -0.25) is 9.59 Å². The molecule has 0 heterocycles. The van der Waals surface area contributed by atoms with Crippen molar-refractivity contribution in [3.05, 3.63) is 107 Å². The third-order valence-corrected chi connectivity index (χ3v) is 5.63. The van der Waals surface area contributed by atoms with E-state index in [-0.39, 0.29) is 17.9 Å². The molecule has 152 valence electrons. The molecule has 4 rings (SSSR count). The van der Waals surface area contributed by atoms with Crippen molar-refractivity contribution in [2.75, 3.05) is 0 Å². The Bertz CT molecular complexity index is 1000. The van der Waals surface area contributed by atoms with Crippen molar-refractivity contribution in [1.82, 2.24) is 10.6 Å². The second-order valence-corrected chi connectivity index (χ2v) is 7.73. The topological polar surface area (TPSA) is 58.2 Å². The standard InChI is InChI=1S/C26H26N2O2/c29-25(21-13-5-2-6-14-21)28-24(18-19-10-3-1-4-11-19)26(30)27-23-17-9-15-20-12-7-8-16-22(20)23/h1-8,10-14,16,23-24H,9,15,17-18H2,(H,27,30)(H,28,29). The normalized spacial score (nSPS) is 16.2. The van der Waals surface area contributed by atoms with E-state index >= 15 is 0 Å². The molecule has 0 fully saturated rings. The number of hydrogen-bond acceptors (Lipinski definition) is 2. The lowest BCUT2D eigenvalue weighted by molar-refractivity contribution is -0.123. The van der Waals surface area contributed by atoms with Gasteiger partial charge in [-0.15, -0.1) is 0 Å². The van der Waals surface area contributed by atoms with Crippen LogP contribution in [-0.2, 0) is 17.6 Å². The number of hydrogen-bond donors (Lipinski definition) is 2. The Labute approximate surface area is 177 Å². The number of carbonyl (C=O) groups is 2. The number of amides is 2. The average Bonchev–Trinajstić information content (AvgIpc) is 2.80. The van der Waals surface area contributed by atoms with Gasteiger partial charge < -0.3 is 10.6 Å². The van der Waals surface area contributed by atoms with Crippen molar-refractivity contribution >= 4 is 11.8 Å². The lowest BCUT2D eigenvalue weighted by Crippen LogP contribution is -2.49. The molecule has 0 spiro atoms. The lowest BCUT2D eigenvalue weighted by atomic mass is 9.87. The molecule has 0 aliphatic heterocycles. The van der Waals surface area contributed by atoms with E-state index in [2.05, 4.69) is 22.8 Å². The summed E-state index contributed by atoms with van der Waals surface area (Å²) in [5.41, 5.74) is 4.04. The highest BCUT2D eigenvalue weighted by Gasteiger charge is 2.27. The van der Waals surface area contributed by atoms with E-state index in [9.17, 15) is 9.59 Å². The van der Waals surface area contributed by atoms with Crippen molar-refractivity contribution in [2.45, 2.75) is 37.8 Å². The summed E-state index contributed by atoms with van der Waals surface area (Å²) in [6.45, 7) is 0. The minimum atomic E-state index is -0.644. The van der Waals surface area contributed by atoms with E-state index < -0.39 is 6.04 Å². The van der Waals surface area contributed by atoms with Crippen LogP contribution in [-0.4, -0.2) is 17.9 Å². The van der Waals surface area contributed by atoms with Crippen LogP contribution in [0.2, 0.25) is 0 Å². The van der Waals surface area contributed by atoms with Crippen molar-refractivity contribution in [3.8, 4) is 0 Å². The van der Waals surface area contributed by atoms with Crippen LogP contribution in [0.5, 0.6) is 0 Å². The Kier molecular flexibility index (Phi) is 6.23. The molecule has 2 atom stereocenters. The Morgan fingerprint density at radius 1 is 0.867 bits per heavy atom. The maximum absolute atomic E-state index is 13.3. The van der Waals surface area contributed by atoms with Gasteiger partial charge in [-0.05, 0) is 48.1 Å². The van der Waals surface area contributed by atoms with E-state index in [1.807, 2.05) is 60.7 Å². The third kappa shape index (κ3) is 4.77. The summed E-state index contributed by atoms with van der Waals surface area (Å²) >= 11 is 0. The van der Waals surface area contributed by atoms with Crippen LogP contribution in [0, 0.1) is 0 Å². The van der Waals surface area contributed by atoms with Gasteiger partial charge >= 0.3 is 0 Å². The third-order valence-electron chi connectivity index (χ3n) is 5.63. The number of fused-ring (bicyclic) bond motifs is 1. The zero-order valence-electron chi connectivity index (χ0n) is 16.9. The molecule has 0 saturated carbocycles. The van der Waals surface area contributed by atoms with Gasteiger partial charge in [0.05, 0.1) is 6.04 Å². The van der Waals surface area contributed by atoms with E-state index in [0.29, 0.717) is 12.0 Å². The zero-order chi connectivity index (χ0) is 20.8. The van der Waals surface area contributed by atoms with Crippen LogP contribution in [0.4, 0.5) is 0 Å². The molecule has 2 N–H and O–H groups in total. The van der Waals surface area contributed by atoms with Gasteiger partial charge in [-0.1, -0.05) is 72.8 Å². The van der Waals surface area contributed by atoms with Crippen LogP contribution in [0.15, 0.2) is 84.9 Å². The van der Waals surface area contributed by atoms with Gasteiger partial charge in [0.25, 0.3) is 5.91 Å². The first-order chi connectivity index (χ1) is 14.7. The molecular formula is C26H26N2O2. The second kappa shape index (κ2) is 9.40. The predicted octanol–water partition coefficient (Wildman–Crippen LogP) is 4.22. The summed E-state index contributed by atoms with van der Waals surface area (Å²) in [5.74, 6) is -0.388. The molecule has 0 bridgehead atoms. The number of rotatable bonds is 6. The first kappa shape index (κ1) is 19.9. The van der Waals surface area contributed by atoms with Gasteiger partial charge in [0.2, 0.25) is 5.91 Å².